The van der Waals surface area contributed by atoms with Gasteiger partial charge in [-0.25, -0.2) is 0 Å². The Balaban J connectivity index is 2.43. The standard InChI is InChI=1S/C11H11F3N2S/c12-11(13,14)7-4-6-2-1-3-8(10(15)17)9(6)16-5-7/h4-5,8H,1-3H2,(H2,15,17). The monoisotopic (exact) mass is 260 g/mol. The van der Waals surface area contributed by atoms with Gasteiger partial charge < -0.3 is 5.73 Å². The Morgan fingerprint density at radius 2 is 2.18 bits per heavy atom. The lowest BCUT2D eigenvalue weighted by Gasteiger charge is -2.24. The van der Waals surface area contributed by atoms with Gasteiger partial charge in [-0.05, 0) is 30.9 Å². The van der Waals surface area contributed by atoms with Crippen LogP contribution in [0.1, 0.15) is 35.6 Å². The fraction of sp³-hybridized carbons (Fsp3) is 0.455. The summed E-state index contributed by atoms with van der Waals surface area (Å²) in [6.45, 7) is 0. The third kappa shape index (κ3) is 2.41. The number of thiocarbonyl (C=S) groups is 1. The number of aryl methyl sites for hydroxylation is 1. The van der Waals surface area contributed by atoms with Crippen LogP contribution in [-0.2, 0) is 12.6 Å². The van der Waals surface area contributed by atoms with Gasteiger partial charge in [-0.2, -0.15) is 13.2 Å². The predicted octanol–water partition coefficient (Wildman–Crippen LogP) is 2.81. The zero-order valence-corrected chi connectivity index (χ0v) is 9.74. The Morgan fingerprint density at radius 1 is 1.47 bits per heavy atom. The summed E-state index contributed by atoms with van der Waals surface area (Å²) in [4.78, 5) is 4.20. The quantitative estimate of drug-likeness (QED) is 0.789. The van der Waals surface area contributed by atoms with Crippen molar-refractivity contribution >= 4 is 17.2 Å². The number of aromatic nitrogens is 1. The number of fused-ring (bicyclic) bond motifs is 1. The Labute approximate surface area is 102 Å². The smallest absolute Gasteiger partial charge is 0.393 e. The van der Waals surface area contributed by atoms with Crippen LogP contribution < -0.4 is 5.73 Å². The maximum Gasteiger partial charge on any atom is 0.417 e. The van der Waals surface area contributed by atoms with Crippen LogP contribution in [0.25, 0.3) is 0 Å². The van der Waals surface area contributed by atoms with Gasteiger partial charge in [0.1, 0.15) is 0 Å². The summed E-state index contributed by atoms with van der Waals surface area (Å²) in [5, 5.41) is 0. The molecule has 0 aliphatic heterocycles. The zero-order valence-electron chi connectivity index (χ0n) is 8.92. The van der Waals surface area contributed by atoms with Crippen molar-refractivity contribution in [3.63, 3.8) is 0 Å². The van der Waals surface area contributed by atoms with Crippen LogP contribution >= 0.6 is 12.2 Å². The van der Waals surface area contributed by atoms with Gasteiger partial charge in [-0.1, -0.05) is 12.2 Å². The molecule has 0 amide bonds. The first-order chi connectivity index (χ1) is 7.89. The van der Waals surface area contributed by atoms with Crippen molar-refractivity contribution in [2.45, 2.75) is 31.4 Å². The maximum atomic E-state index is 12.5. The predicted molar refractivity (Wildman–Crippen MR) is 61.7 cm³/mol. The Kier molecular flexibility index (Phi) is 3.07. The molecule has 17 heavy (non-hydrogen) atoms. The summed E-state index contributed by atoms with van der Waals surface area (Å²) in [5.74, 6) is -0.184. The number of nitrogens with two attached hydrogens (primary N) is 1. The van der Waals surface area contributed by atoms with E-state index in [-0.39, 0.29) is 5.92 Å². The molecule has 0 spiro atoms. The molecule has 1 aliphatic rings. The van der Waals surface area contributed by atoms with Crippen molar-refractivity contribution in [3.05, 3.63) is 29.1 Å². The van der Waals surface area contributed by atoms with Crippen LogP contribution in [0.5, 0.6) is 0 Å². The zero-order chi connectivity index (χ0) is 12.6. The Hall–Kier alpha value is -1.17. The third-order valence-electron chi connectivity index (χ3n) is 2.94. The molecule has 6 heteroatoms. The van der Waals surface area contributed by atoms with Gasteiger partial charge in [-0.15, -0.1) is 0 Å². The molecular formula is C11H11F3N2S. The van der Waals surface area contributed by atoms with Gasteiger partial charge in [0.2, 0.25) is 0 Å². The number of pyridine rings is 1. The van der Waals surface area contributed by atoms with E-state index in [1.165, 1.54) is 0 Å². The fourth-order valence-corrected chi connectivity index (χ4v) is 2.33. The highest BCUT2D eigenvalue weighted by Gasteiger charge is 2.33. The molecule has 92 valence electrons. The van der Waals surface area contributed by atoms with Gasteiger partial charge in [0.05, 0.1) is 22.2 Å². The number of alkyl halides is 3. The second kappa shape index (κ2) is 4.25. The van der Waals surface area contributed by atoms with Gasteiger partial charge >= 0.3 is 6.18 Å². The largest absolute Gasteiger partial charge is 0.417 e. The van der Waals surface area contributed by atoms with E-state index in [9.17, 15) is 13.2 Å². The highest BCUT2D eigenvalue weighted by molar-refractivity contribution is 7.80. The van der Waals surface area contributed by atoms with E-state index in [2.05, 4.69) is 4.98 Å². The fourth-order valence-electron chi connectivity index (χ4n) is 2.10. The summed E-state index contributed by atoms with van der Waals surface area (Å²) in [6.07, 6.45) is -1.34. The minimum Gasteiger partial charge on any atom is -0.393 e. The van der Waals surface area contributed by atoms with Crippen molar-refractivity contribution in [1.82, 2.24) is 4.98 Å². The van der Waals surface area contributed by atoms with Crippen LogP contribution in [0.3, 0.4) is 0 Å². The molecule has 2 rings (SSSR count). The van der Waals surface area contributed by atoms with E-state index in [0.717, 1.165) is 25.1 Å². The second-order valence-corrected chi connectivity index (χ2v) is 4.58. The minimum atomic E-state index is -4.35. The molecule has 0 radical (unpaired) electrons. The van der Waals surface area contributed by atoms with Gasteiger partial charge in [0, 0.05) is 6.20 Å². The van der Waals surface area contributed by atoms with Crippen molar-refractivity contribution < 1.29 is 13.2 Å². The summed E-state index contributed by atoms with van der Waals surface area (Å²) >= 11 is 4.91. The first-order valence-electron chi connectivity index (χ1n) is 5.25. The molecule has 1 aromatic heterocycles. The lowest BCUT2D eigenvalue weighted by Crippen LogP contribution is -2.25. The molecule has 2 N–H and O–H groups in total. The SMILES string of the molecule is NC(=S)C1CCCc2cc(C(F)(F)F)cnc21. The van der Waals surface area contributed by atoms with Gasteiger partial charge in [0.25, 0.3) is 0 Å². The van der Waals surface area contributed by atoms with Crippen LogP contribution in [0.2, 0.25) is 0 Å². The second-order valence-electron chi connectivity index (χ2n) is 4.11. The summed E-state index contributed by atoms with van der Waals surface area (Å²) < 4.78 is 37.6. The molecule has 1 heterocycles. The lowest BCUT2D eigenvalue weighted by molar-refractivity contribution is -0.137. The Bertz CT molecular complexity index is 457. The number of hydrogen-bond donors (Lipinski definition) is 1. The van der Waals surface area contributed by atoms with E-state index in [1.54, 1.807) is 0 Å². The minimum absolute atomic E-state index is 0.184. The molecule has 2 nitrogen and oxygen atoms in total. The molecule has 1 aliphatic carbocycles. The third-order valence-corrected chi connectivity index (χ3v) is 3.23. The normalized spacial score (nSPS) is 19.8. The van der Waals surface area contributed by atoms with E-state index in [4.69, 9.17) is 18.0 Å². The van der Waals surface area contributed by atoms with Gasteiger partial charge in [-0.3, -0.25) is 4.98 Å². The maximum absolute atomic E-state index is 12.5. The van der Waals surface area contributed by atoms with Crippen LogP contribution in [-0.4, -0.2) is 9.97 Å². The summed E-state index contributed by atoms with van der Waals surface area (Å²) in [6, 6.07) is 1.16. The summed E-state index contributed by atoms with van der Waals surface area (Å²) in [7, 11) is 0. The molecule has 1 atom stereocenters. The molecule has 0 bridgehead atoms. The average Bonchev–Trinajstić information content (AvgIpc) is 2.26. The molecule has 1 aromatic rings. The number of rotatable bonds is 1. The molecule has 0 saturated heterocycles. The van der Waals surface area contributed by atoms with E-state index in [0.29, 0.717) is 22.7 Å². The molecule has 0 aromatic carbocycles. The van der Waals surface area contributed by atoms with Crippen molar-refractivity contribution in [2.24, 2.45) is 5.73 Å². The molecule has 1 unspecified atom stereocenters. The molecule has 0 saturated carbocycles. The van der Waals surface area contributed by atoms with Crippen LogP contribution in [0, 0.1) is 0 Å². The number of halogens is 3. The van der Waals surface area contributed by atoms with E-state index >= 15 is 0 Å². The van der Waals surface area contributed by atoms with Gasteiger partial charge in [0.15, 0.2) is 0 Å². The van der Waals surface area contributed by atoms with Crippen LogP contribution in [0.15, 0.2) is 12.3 Å². The topological polar surface area (TPSA) is 38.9 Å². The number of hydrogen-bond acceptors (Lipinski definition) is 2. The van der Waals surface area contributed by atoms with Crippen molar-refractivity contribution in [3.8, 4) is 0 Å². The lowest BCUT2D eigenvalue weighted by atomic mass is 9.86. The van der Waals surface area contributed by atoms with E-state index in [1.807, 2.05) is 0 Å². The first-order valence-corrected chi connectivity index (χ1v) is 5.65. The average molecular weight is 260 g/mol. The van der Waals surface area contributed by atoms with Crippen molar-refractivity contribution in [1.29, 1.82) is 0 Å². The molecular weight excluding hydrogens is 249 g/mol. The van der Waals surface area contributed by atoms with E-state index < -0.39 is 11.7 Å². The highest BCUT2D eigenvalue weighted by Crippen LogP contribution is 2.35. The first kappa shape index (κ1) is 12.3. The summed E-state index contributed by atoms with van der Waals surface area (Å²) in [5.41, 5.74) is 6.09. The molecule has 0 fully saturated rings. The van der Waals surface area contributed by atoms with Crippen molar-refractivity contribution in [2.75, 3.05) is 0 Å². The van der Waals surface area contributed by atoms with Crippen LogP contribution in [0.4, 0.5) is 13.2 Å². The Morgan fingerprint density at radius 3 is 2.76 bits per heavy atom. The number of nitrogens with zero attached hydrogens (tertiary/aromatic N) is 1. The highest BCUT2D eigenvalue weighted by atomic mass is 32.1.